The summed E-state index contributed by atoms with van der Waals surface area (Å²) in [5.41, 5.74) is 5.38. The monoisotopic (exact) mass is 284 g/mol. The number of nitrogens with zero attached hydrogens (tertiary/aromatic N) is 1. The van der Waals surface area contributed by atoms with Gasteiger partial charge in [-0.05, 0) is 19.8 Å². The van der Waals surface area contributed by atoms with Crippen LogP contribution in [0.15, 0.2) is 0 Å². The van der Waals surface area contributed by atoms with Crippen molar-refractivity contribution >= 4 is 23.1 Å². The van der Waals surface area contributed by atoms with Crippen molar-refractivity contribution in [2.24, 2.45) is 11.1 Å². The molecule has 2 aliphatic rings. The number of morpholine rings is 1. The van der Waals surface area contributed by atoms with E-state index in [1.807, 2.05) is 11.8 Å². The van der Waals surface area contributed by atoms with Crippen LogP contribution < -0.4 is 5.73 Å². The Labute approximate surface area is 120 Å². The number of thiocarbonyl (C=S) groups is 1. The standard InChI is InChI=1S/C14H24N2O2S/c1-11-10-18-9-8-16(11)13(17)14(12(15)19)6-4-2-3-5-7-14/h11H,2-10H2,1H3,(H2,15,19). The van der Waals surface area contributed by atoms with Gasteiger partial charge in [0.1, 0.15) is 0 Å². The van der Waals surface area contributed by atoms with Gasteiger partial charge in [0.05, 0.1) is 29.7 Å². The first-order valence-corrected chi connectivity index (χ1v) is 7.67. The quantitative estimate of drug-likeness (QED) is 0.621. The Morgan fingerprint density at radius 3 is 2.47 bits per heavy atom. The Kier molecular flexibility index (Phi) is 4.79. The molecule has 0 bridgehead atoms. The van der Waals surface area contributed by atoms with E-state index in [1.165, 1.54) is 12.8 Å². The zero-order valence-electron chi connectivity index (χ0n) is 11.7. The van der Waals surface area contributed by atoms with Crippen molar-refractivity contribution in [3.63, 3.8) is 0 Å². The molecule has 0 aromatic heterocycles. The minimum atomic E-state index is -0.600. The van der Waals surface area contributed by atoms with E-state index in [1.54, 1.807) is 0 Å². The number of carbonyl (C=O) groups excluding carboxylic acids is 1. The molecule has 1 saturated carbocycles. The molecule has 108 valence electrons. The third-order valence-corrected chi connectivity index (χ3v) is 4.86. The van der Waals surface area contributed by atoms with Crippen LogP contribution in [-0.4, -0.2) is 41.6 Å². The number of carbonyl (C=O) groups is 1. The van der Waals surface area contributed by atoms with Gasteiger partial charge in [-0.3, -0.25) is 4.79 Å². The molecule has 2 N–H and O–H groups in total. The van der Waals surface area contributed by atoms with Crippen LogP contribution in [0.2, 0.25) is 0 Å². The van der Waals surface area contributed by atoms with Gasteiger partial charge < -0.3 is 15.4 Å². The van der Waals surface area contributed by atoms with E-state index >= 15 is 0 Å². The topological polar surface area (TPSA) is 55.6 Å². The third-order valence-electron chi connectivity index (χ3n) is 4.47. The maximum atomic E-state index is 13.0. The first-order valence-electron chi connectivity index (χ1n) is 7.27. The van der Waals surface area contributed by atoms with Crippen LogP contribution in [0, 0.1) is 5.41 Å². The van der Waals surface area contributed by atoms with Crippen LogP contribution in [0.4, 0.5) is 0 Å². The highest BCUT2D eigenvalue weighted by Crippen LogP contribution is 2.38. The van der Waals surface area contributed by atoms with Gasteiger partial charge in [-0.2, -0.15) is 0 Å². The fourth-order valence-electron chi connectivity index (χ4n) is 3.20. The lowest BCUT2D eigenvalue weighted by Gasteiger charge is -2.41. The van der Waals surface area contributed by atoms with Gasteiger partial charge >= 0.3 is 0 Å². The van der Waals surface area contributed by atoms with Crippen molar-refractivity contribution in [2.75, 3.05) is 19.8 Å². The predicted octanol–water partition coefficient (Wildman–Crippen LogP) is 1.86. The molecule has 1 aliphatic heterocycles. The number of nitrogens with two attached hydrogens (primary N) is 1. The lowest BCUT2D eigenvalue weighted by Crippen LogP contribution is -2.56. The van der Waals surface area contributed by atoms with Crippen molar-refractivity contribution in [3.05, 3.63) is 0 Å². The SMILES string of the molecule is CC1COCCN1C(=O)C1(C(N)=S)CCCCCC1. The Bertz CT molecular complexity index is 351. The van der Waals surface area contributed by atoms with E-state index in [-0.39, 0.29) is 11.9 Å². The Morgan fingerprint density at radius 2 is 1.95 bits per heavy atom. The van der Waals surface area contributed by atoms with E-state index in [0.29, 0.717) is 24.7 Å². The zero-order chi connectivity index (χ0) is 13.9. The molecule has 0 spiro atoms. The minimum Gasteiger partial charge on any atom is -0.392 e. The molecular formula is C14H24N2O2S. The van der Waals surface area contributed by atoms with Crippen molar-refractivity contribution < 1.29 is 9.53 Å². The first-order chi connectivity index (χ1) is 9.08. The van der Waals surface area contributed by atoms with Gasteiger partial charge in [0.25, 0.3) is 0 Å². The molecule has 4 nitrogen and oxygen atoms in total. The summed E-state index contributed by atoms with van der Waals surface area (Å²) in [6.07, 6.45) is 6.06. The molecule has 0 radical (unpaired) electrons. The predicted molar refractivity (Wildman–Crippen MR) is 78.9 cm³/mol. The molecule has 19 heavy (non-hydrogen) atoms. The molecule has 1 unspecified atom stereocenters. The van der Waals surface area contributed by atoms with Crippen molar-refractivity contribution in [2.45, 2.75) is 51.5 Å². The fraction of sp³-hybridized carbons (Fsp3) is 0.857. The van der Waals surface area contributed by atoms with Gasteiger partial charge in [-0.15, -0.1) is 0 Å². The lowest BCUT2D eigenvalue weighted by atomic mass is 9.78. The number of hydrogen-bond donors (Lipinski definition) is 1. The van der Waals surface area contributed by atoms with Crippen molar-refractivity contribution in [1.29, 1.82) is 0 Å². The average molecular weight is 284 g/mol. The van der Waals surface area contributed by atoms with Gasteiger partial charge in [0.2, 0.25) is 5.91 Å². The van der Waals surface area contributed by atoms with Crippen molar-refractivity contribution in [1.82, 2.24) is 4.90 Å². The molecule has 5 heteroatoms. The maximum Gasteiger partial charge on any atom is 0.236 e. The van der Waals surface area contributed by atoms with Crippen LogP contribution in [0.1, 0.15) is 45.4 Å². The number of rotatable bonds is 2. The van der Waals surface area contributed by atoms with Crippen LogP contribution in [0.25, 0.3) is 0 Å². The van der Waals surface area contributed by atoms with Crippen LogP contribution >= 0.6 is 12.2 Å². The summed E-state index contributed by atoms with van der Waals surface area (Å²) in [6, 6.07) is 0.121. The number of ether oxygens (including phenoxy) is 1. The highest BCUT2D eigenvalue weighted by atomic mass is 32.1. The molecule has 1 amide bonds. The summed E-state index contributed by atoms with van der Waals surface area (Å²) >= 11 is 5.27. The summed E-state index contributed by atoms with van der Waals surface area (Å²) in [6.45, 7) is 3.91. The van der Waals surface area contributed by atoms with Crippen LogP contribution in [0.5, 0.6) is 0 Å². The highest BCUT2D eigenvalue weighted by Gasteiger charge is 2.45. The highest BCUT2D eigenvalue weighted by molar-refractivity contribution is 7.80. The van der Waals surface area contributed by atoms with E-state index in [4.69, 9.17) is 22.7 Å². The Morgan fingerprint density at radius 1 is 1.32 bits per heavy atom. The molecule has 2 fully saturated rings. The second-order valence-corrected chi connectivity index (χ2v) is 6.22. The van der Waals surface area contributed by atoms with Gasteiger partial charge in [-0.25, -0.2) is 0 Å². The second kappa shape index (κ2) is 6.18. The van der Waals surface area contributed by atoms with Gasteiger partial charge in [0.15, 0.2) is 0 Å². The molecule has 1 saturated heterocycles. The zero-order valence-corrected chi connectivity index (χ0v) is 12.5. The third kappa shape index (κ3) is 2.92. The summed E-state index contributed by atoms with van der Waals surface area (Å²) < 4.78 is 5.41. The number of amides is 1. The Balaban J connectivity index is 2.22. The summed E-state index contributed by atoms with van der Waals surface area (Å²) in [4.78, 5) is 15.3. The molecule has 2 rings (SSSR count). The van der Waals surface area contributed by atoms with Crippen molar-refractivity contribution in [3.8, 4) is 0 Å². The second-order valence-electron chi connectivity index (χ2n) is 5.78. The van der Waals surface area contributed by atoms with E-state index in [2.05, 4.69) is 0 Å². The first kappa shape index (κ1) is 14.7. The smallest absolute Gasteiger partial charge is 0.236 e. The minimum absolute atomic E-state index is 0.121. The van der Waals surface area contributed by atoms with E-state index < -0.39 is 5.41 Å². The maximum absolute atomic E-state index is 13.0. The fourth-order valence-corrected chi connectivity index (χ4v) is 3.49. The number of hydrogen-bond acceptors (Lipinski definition) is 3. The summed E-state index contributed by atoms with van der Waals surface area (Å²) in [5, 5.41) is 0. The molecule has 0 aromatic carbocycles. The average Bonchev–Trinajstić information content (AvgIpc) is 2.65. The normalized spacial score (nSPS) is 27.6. The Hall–Kier alpha value is -0.680. The molecule has 0 aromatic rings. The largest absolute Gasteiger partial charge is 0.392 e. The molecule has 1 atom stereocenters. The van der Waals surface area contributed by atoms with Gasteiger partial charge in [0, 0.05) is 6.54 Å². The van der Waals surface area contributed by atoms with Gasteiger partial charge in [-0.1, -0.05) is 37.9 Å². The van der Waals surface area contributed by atoms with E-state index in [9.17, 15) is 4.79 Å². The van der Waals surface area contributed by atoms with Crippen LogP contribution in [0.3, 0.4) is 0 Å². The lowest BCUT2D eigenvalue weighted by molar-refractivity contribution is -0.147. The van der Waals surface area contributed by atoms with E-state index in [0.717, 1.165) is 25.7 Å². The molecule has 1 aliphatic carbocycles. The van der Waals surface area contributed by atoms with Crippen LogP contribution in [-0.2, 0) is 9.53 Å². The molecule has 1 heterocycles. The summed E-state index contributed by atoms with van der Waals surface area (Å²) in [7, 11) is 0. The molecular weight excluding hydrogens is 260 g/mol. The summed E-state index contributed by atoms with van der Waals surface area (Å²) in [5.74, 6) is 0.137.